The maximum absolute atomic E-state index is 11.0. The van der Waals surface area contributed by atoms with E-state index in [0.717, 1.165) is 6.29 Å². The SMILES string of the molecule is CC(C)OCCOc1cc2c(cc1C=O)OCO2. The Bertz CT molecular complexity index is 428. The molecule has 2 rings (SSSR count). The molecule has 0 unspecified atom stereocenters. The van der Waals surface area contributed by atoms with Gasteiger partial charge in [0.15, 0.2) is 17.8 Å². The predicted molar refractivity (Wildman–Crippen MR) is 64.5 cm³/mol. The van der Waals surface area contributed by atoms with Crippen molar-refractivity contribution in [3.05, 3.63) is 17.7 Å². The Morgan fingerprint density at radius 3 is 2.67 bits per heavy atom. The first-order chi connectivity index (χ1) is 8.70. The van der Waals surface area contributed by atoms with E-state index in [9.17, 15) is 4.79 Å². The molecule has 0 aliphatic carbocycles. The summed E-state index contributed by atoms with van der Waals surface area (Å²) in [5, 5.41) is 0. The molecule has 0 spiro atoms. The second kappa shape index (κ2) is 5.73. The Balaban J connectivity index is 2.00. The summed E-state index contributed by atoms with van der Waals surface area (Å²) < 4.78 is 21.3. The summed E-state index contributed by atoms with van der Waals surface area (Å²) in [6.07, 6.45) is 0.900. The molecule has 1 aromatic carbocycles. The van der Waals surface area contributed by atoms with Gasteiger partial charge in [0.25, 0.3) is 0 Å². The van der Waals surface area contributed by atoms with Gasteiger partial charge >= 0.3 is 0 Å². The predicted octanol–water partition coefficient (Wildman–Crippen LogP) is 2.03. The zero-order valence-electron chi connectivity index (χ0n) is 10.5. The van der Waals surface area contributed by atoms with Crippen LogP contribution in [0.4, 0.5) is 0 Å². The number of rotatable bonds is 6. The van der Waals surface area contributed by atoms with E-state index in [0.29, 0.717) is 36.0 Å². The number of carbonyl (C=O) groups excluding carboxylic acids is 1. The quantitative estimate of drug-likeness (QED) is 0.572. The van der Waals surface area contributed by atoms with Gasteiger partial charge in [-0.15, -0.1) is 0 Å². The fraction of sp³-hybridized carbons (Fsp3) is 0.462. The van der Waals surface area contributed by atoms with Crippen LogP contribution in [0.1, 0.15) is 24.2 Å². The average Bonchev–Trinajstić information content (AvgIpc) is 2.80. The van der Waals surface area contributed by atoms with Crippen molar-refractivity contribution in [2.75, 3.05) is 20.0 Å². The highest BCUT2D eigenvalue weighted by Gasteiger charge is 2.17. The van der Waals surface area contributed by atoms with Crippen LogP contribution in [0.2, 0.25) is 0 Å². The van der Waals surface area contributed by atoms with Crippen molar-refractivity contribution in [1.29, 1.82) is 0 Å². The maximum atomic E-state index is 11.0. The van der Waals surface area contributed by atoms with Crippen LogP contribution in [0.25, 0.3) is 0 Å². The minimum Gasteiger partial charge on any atom is -0.490 e. The summed E-state index contributed by atoms with van der Waals surface area (Å²) in [7, 11) is 0. The number of fused-ring (bicyclic) bond motifs is 1. The van der Waals surface area contributed by atoms with Gasteiger partial charge in [0.05, 0.1) is 18.3 Å². The Morgan fingerprint density at radius 1 is 1.28 bits per heavy atom. The van der Waals surface area contributed by atoms with Gasteiger partial charge < -0.3 is 18.9 Å². The third-order valence-electron chi connectivity index (χ3n) is 2.42. The molecule has 5 heteroatoms. The number of ether oxygens (including phenoxy) is 4. The fourth-order valence-electron chi connectivity index (χ4n) is 1.59. The minimum atomic E-state index is 0.163. The average molecular weight is 252 g/mol. The van der Waals surface area contributed by atoms with Crippen molar-refractivity contribution in [3.8, 4) is 17.2 Å². The Kier molecular flexibility index (Phi) is 4.04. The molecular formula is C13H16O5. The number of benzene rings is 1. The molecule has 98 valence electrons. The second-order valence-electron chi connectivity index (χ2n) is 4.13. The molecule has 18 heavy (non-hydrogen) atoms. The Hall–Kier alpha value is -1.75. The largest absolute Gasteiger partial charge is 0.490 e. The molecule has 1 aromatic rings. The van der Waals surface area contributed by atoms with Crippen molar-refractivity contribution >= 4 is 6.29 Å². The molecule has 0 amide bonds. The Labute approximate surface area is 106 Å². The van der Waals surface area contributed by atoms with Crippen LogP contribution in [0.5, 0.6) is 17.2 Å². The lowest BCUT2D eigenvalue weighted by Gasteiger charge is -2.11. The fourth-order valence-corrected chi connectivity index (χ4v) is 1.59. The van der Waals surface area contributed by atoms with Gasteiger partial charge in [0.2, 0.25) is 6.79 Å². The van der Waals surface area contributed by atoms with Crippen molar-refractivity contribution in [1.82, 2.24) is 0 Å². The molecule has 0 aromatic heterocycles. The number of hydrogen-bond acceptors (Lipinski definition) is 5. The van der Waals surface area contributed by atoms with Gasteiger partial charge in [0.1, 0.15) is 12.4 Å². The van der Waals surface area contributed by atoms with Gasteiger partial charge in [-0.25, -0.2) is 0 Å². The molecule has 0 radical (unpaired) electrons. The first-order valence-electron chi connectivity index (χ1n) is 5.84. The van der Waals surface area contributed by atoms with Crippen LogP contribution in [-0.2, 0) is 4.74 Å². The molecule has 0 saturated carbocycles. The number of hydrogen-bond donors (Lipinski definition) is 0. The summed E-state index contributed by atoms with van der Waals surface area (Å²) in [5.74, 6) is 1.66. The first kappa shape index (κ1) is 12.7. The summed E-state index contributed by atoms with van der Waals surface area (Å²) >= 11 is 0. The van der Waals surface area contributed by atoms with Crippen molar-refractivity contribution in [2.24, 2.45) is 0 Å². The normalized spacial score (nSPS) is 12.8. The van der Waals surface area contributed by atoms with Crippen molar-refractivity contribution < 1.29 is 23.7 Å². The summed E-state index contributed by atoms with van der Waals surface area (Å²) in [6.45, 7) is 4.95. The van der Waals surface area contributed by atoms with Crippen LogP contribution >= 0.6 is 0 Å². The molecule has 0 bridgehead atoms. The zero-order valence-corrected chi connectivity index (χ0v) is 10.5. The molecule has 1 heterocycles. The second-order valence-corrected chi connectivity index (χ2v) is 4.13. The van der Waals surface area contributed by atoms with E-state index in [1.54, 1.807) is 12.1 Å². The van der Waals surface area contributed by atoms with E-state index in [1.807, 2.05) is 13.8 Å². The summed E-state index contributed by atoms with van der Waals surface area (Å²) in [4.78, 5) is 11.0. The molecule has 5 nitrogen and oxygen atoms in total. The smallest absolute Gasteiger partial charge is 0.231 e. The molecule has 0 fully saturated rings. The lowest BCUT2D eigenvalue weighted by molar-refractivity contribution is 0.0550. The van der Waals surface area contributed by atoms with Gasteiger partial charge in [-0.2, -0.15) is 0 Å². The summed E-state index contributed by atoms with van der Waals surface area (Å²) in [5.41, 5.74) is 0.448. The van der Waals surface area contributed by atoms with Crippen LogP contribution in [0.3, 0.4) is 0 Å². The molecule has 0 atom stereocenters. The number of carbonyl (C=O) groups is 1. The molecule has 1 aliphatic heterocycles. The number of aldehydes is 1. The highest BCUT2D eigenvalue weighted by Crippen LogP contribution is 2.37. The first-order valence-corrected chi connectivity index (χ1v) is 5.84. The lowest BCUT2D eigenvalue weighted by Crippen LogP contribution is -2.11. The van der Waals surface area contributed by atoms with E-state index < -0.39 is 0 Å². The van der Waals surface area contributed by atoms with E-state index >= 15 is 0 Å². The molecule has 0 N–H and O–H groups in total. The van der Waals surface area contributed by atoms with Crippen molar-refractivity contribution in [2.45, 2.75) is 20.0 Å². The third-order valence-corrected chi connectivity index (χ3v) is 2.42. The van der Waals surface area contributed by atoms with Crippen LogP contribution in [0, 0.1) is 0 Å². The van der Waals surface area contributed by atoms with E-state index in [-0.39, 0.29) is 12.9 Å². The lowest BCUT2D eigenvalue weighted by atomic mass is 10.2. The van der Waals surface area contributed by atoms with Gasteiger partial charge in [0, 0.05) is 6.07 Å². The van der Waals surface area contributed by atoms with Crippen LogP contribution in [-0.4, -0.2) is 32.4 Å². The minimum absolute atomic E-state index is 0.163. The topological polar surface area (TPSA) is 54.0 Å². The monoisotopic (exact) mass is 252 g/mol. The maximum Gasteiger partial charge on any atom is 0.231 e. The van der Waals surface area contributed by atoms with Crippen LogP contribution in [0.15, 0.2) is 12.1 Å². The van der Waals surface area contributed by atoms with E-state index in [1.165, 1.54) is 0 Å². The molecular weight excluding hydrogens is 236 g/mol. The van der Waals surface area contributed by atoms with E-state index in [4.69, 9.17) is 18.9 Å². The molecule has 0 saturated heterocycles. The standard InChI is InChI=1S/C13H16O5/c1-9(2)15-3-4-16-11-6-13-12(17-8-18-13)5-10(11)7-14/h5-7,9H,3-4,8H2,1-2H3. The Morgan fingerprint density at radius 2 is 2.00 bits per heavy atom. The van der Waals surface area contributed by atoms with E-state index in [2.05, 4.69) is 0 Å². The zero-order chi connectivity index (χ0) is 13.0. The highest BCUT2D eigenvalue weighted by molar-refractivity contribution is 5.81. The molecule has 1 aliphatic rings. The summed E-state index contributed by atoms with van der Waals surface area (Å²) in [6, 6.07) is 3.29. The highest BCUT2D eigenvalue weighted by atomic mass is 16.7. The van der Waals surface area contributed by atoms with Gasteiger partial charge in [-0.05, 0) is 19.9 Å². The van der Waals surface area contributed by atoms with Crippen molar-refractivity contribution in [3.63, 3.8) is 0 Å². The third kappa shape index (κ3) is 2.92. The van der Waals surface area contributed by atoms with Gasteiger partial charge in [-0.3, -0.25) is 4.79 Å². The van der Waals surface area contributed by atoms with Crippen LogP contribution < -0.4 is 14.2 Å². The van der Waals surface area contributed by atoms with Gasteiger partial charge in [-0.1, -0.05) is 0 Å².